The number of esters is 1. The predicted octanol–water partition coefficient (Wildman–Crippen LogP) is 2.40. The van der Waals surface area contributed by atoms with Gasteiger partial charge < -0.3 is 14.6 Å². The Hall–Kier alpha value is -1.16. The molecule has 0 aromatic heterocycles. The molecule has 0 amide bonds. The van der Waals surface area contributed by atoms with Gasteiger partial charge >= 0.3 is 5.97 Å². The molecule has 19 heavy (non-hydrogen) atoms. The molecular weight excluding hydrogens is 244 g/mol. The van der Waals surface area contributed by atoms with Crippen molar-refractivity contribution in [3.63, 3.8) is 0 Å². The number of carbonyl (C=O) groups is 2. The summed E-state index contributed by atoms with van der Waals surface area (Å²) in [5, 5.41) is 10.4. The van der Waals surface area contributed by atoms with Crippen molar-refractivity contribution in [2.45, 2.75) is 58.5 Å². The van der Waals surface area contributed by atoms with Crippen LogP contribution in [-0.4, -0.2) is 29.6 Å². The van der Waals surface area contributed by atoms with E-state index in [9.17, 15) is 14.7 Å². The molecule has 0 saturated carbocycles. The van der Waals surface area contributed by atoms with Crippen LogP contribution >= 0.6 is 0 Å². The maximum absolute atomic E-state index is 12.2. The van der Waals surface area contributed by atoms with Crippen molar-refractivity contribution in [2.24, 2.45) is 5.41 Å². The second-order valence-electron chi connectivity index (χ2n) is 5.63. The Morgan fingerprint density at radius 1 is 1.58 bits per heavy atom. The first-order valence-electron chi connectivity index (χ1n) is 6.88. The van der Waals surface area contributed by atoms with E-state index in [1.54, 1.807) is 20.8 Å². The molecule has 1 rings (SSSR count). The normalized spacial score (nSPS) is 23.7. The van der Waals surface area contributed by atoms with Crippen LogP contribution < -0.4 is 0 Å². The summed E-state index contributed by atoms with van der Waals surface area (Å²) in [5.74, 6) is -0.326. The Balaban J connectivity index is 2.89. The lowest BCUT2D eigenvalue weighted by atomic mass is 9.65. The topological polar surface area (TPSA) is 63.6 Å². The fourth-order valence-corrected chi connectivity index (χ4v) is 2.63. The third-order valence-corrected chi connectivity index (χ3v) is 4.03. The lowest BCUT2D eigenvalue weighted by Gasteiger charge is -2.43. The third kappa shape index (κ3) is 3.44. The van der Waals surface area contributed by atoms with Crippen LogP contribution in [0.25, 0.3) is 0 Å². The minimum atomic E-state index is -1.12. The van der Waals surface area contributed by atoms with Gasteiger partial charge in [-0.3, -0.25) is 4.79 Å². The number of aldehydes is 1. The molecule has 1 unspecified atom stereocenters. The molecule has 0 aliphatic heterocycles. The first kappa shape index (κ1) is 15.9. The molecule has 0 bridgehead atoms. The smallest absolute Gasteiger partial charge is 0.315 e. The molecule has 4 heteroatoms. The molecule has 108 valence electrons. The van der Waals surface area contributed by atoms with E-state index in [4.69, 9.17) is 4.74 Å². The third-order valence-electron chi connectivity index (χ3n) is 4.03. The number of hydrogen-bond acceptors (Lipinski definition) is 4. The Labute approximate surface area is 114 Å². The number of allylic oxidation sites excluding steroid dienone is 2. The largest absolute Gasteiger partial charge is 0.465 e. The van der Waals surface area contributed by atoms with Gasteiger partial charge in [0.25, 0.3) is 0 Å². The molecule has 0 heterocycles. The first-order valence-corrected chi connectivity index (χ1v) is 6.88. The summed E-state index contributed by atoms with van der Waals surface area (Å²) in [6.07, 6.45) is 5.93. The van der Waals surface area contributed by atoms with Gasteiger partial charge in [0, 0.05) is 6.42 Å². The standard InChI is InChI=1S/C15H24O4/c1-4-19-13(17)15(14(2,3)18)9-7-12(8-10-15)6-5-11-16/h7,11,18H,4-6,8-10H2,1-3H3. The highest BCUT2D eigenvalue weighted by molar-refractivity contribution is 5.79. The summed E-state index contributed by atoms with van der Waals surface area (Å²) in [7, 11) is 0. The summed E-state index contributed by atoms with van der Waals surface area (Å²) < 4.78 is 5.14. The highest BCUT2D eigenvalue weighted by atomic mass is 16.5. The first-order chi connectivity index (χ1) is 8.87. The molecule has 0 radical (unpaired) electrons. The molecule has 0 fully saturated rings. The van der Waals surface area contributed by atoms with E-state index >= 15 is 0 Å². The van der Waals surface area contributed by atoms with Crippen LogP contribution in [0.15, 0.2) is 11.6 Å². The molecular formula is C15H24O4. The van der Waals surface area contributed by atoms with Gasteiger partial charge in [0.05, 0.1) is 17.6 Å². The van der Waals surface area contributed by atoms with E-state index in [2.05, 4.69) is 0 Å². The molecule has 1 aliphatic carbocycles. The van der Waals surface area contributed by atoms with Gasteiger partial charge in [-0.05, 0) is 46.5 Å². The second-order valence-corrected chi connectivity index (χ2v) is 5.63. The summed E-state index contributed by atoms with van der Waals surface area (Å²) in [5.41, 5.74) is -0.795. The fourth-order valence-electron chi connectivity index (χ4n) is 2.63. The summed E-state index contributed by atoms with van der Waals surface area (Å²) >= 11 is 0. The van der Waals surface area contributed by atoms with Crippen LogP contribution in [0.1, 0.15) is 52.9 Å². The summed E-state index contributed by atoms with van der Waals surface area (Å²) in [6.45, 7) is 5.41. The maximum Gasteiger partial charge on any atom is 0.315 e. The van der Waals surface area contributed by atoms with Gasteiger partial charge in [-0.25, -0.2) is 0 Å². The Bertz CT molecular complexity index is 365. The van der Waals surface area contributed by atoms with Crippen LogP contribution in [0, 0.1) is 5.41 Å². The lowest BCUT2D eigenvalue weighted by Crippen LogP contribution is -2.51. The zero-order chi connectivity index (χ0) is 14.5. The zero-order valence-electron chi connectivity index (χ0n) is 12.1. The molecule has 0 saturated heterocycles. The van der Waals surface area contributed by atoms with Crippen molar-refractivity contribution in [3.8, 4) is 0 Å². The van der Waals surface area contributed by atoms with E-state index in [1.807, 2.05) is 6.08 Å². The number of ether oxygens (including phenoxy) is 1. The van der Waals surface area contributed by atoms with Crippen LogP contribution in [0.5, 0.6) is 0 Å². The minimum Gasteiger partial charge on any atom is -0.465 e. The van der Waals surface area contributed by atoms with Crippen LogP contribution in [-0.2, 0) is 14.3 Å². The fraction of sp³-hybridized carbons (Fsp3) is 0.733. The number of rotatable bonds is 6. The highest BCUT2D eigenvalue weighted by Gasteiger charge is 2.51. The van der Waals surface area contributed by atoms with Crippen LogP contribution in [0.2, 0.25) is 0 Å². The number of carbonyl (C=O) groups excluding carboxylic acids is 2. The van der Waals surface area contributed by atoms with Crippen LogP contribution in [0.3, 0.4) is 0 Å². The molecule has 1 atom stereocenters. The quantitative estimate of drug-likeness (QED) is 0.456. The Morgan fingerprint density at radius 2 is 2.26 bits per heavy atom. The molecule has 0 aromatic rings. The molecule has 0 aromatic carbocycles. The Morgan fingerprint density at radius 3 is 2.68 bits per heavy atom. The average Bonchev–Trinajstić information content (AvgIpc) is 2.35. The van der Waals surface area contributed by atoms with Crippen molar-refractivity contribution in [1.29, 1.82) is 0 Å². The summed E-state index contributed by atoms with van der Waals surface area (Å²) in [6, 6.07) is 0. The van der Waals surface area contributed by atoms with Crippen LogP contribution in [0.4, 0.5) is 0 Å². The Kier molecular flexibility index (Phi) is 5.29. The SMILES string of the molecule is CCOC(=O)C1(C(C)(C)O)CC=C(CCC=O)CC1. The molecule has 4 nitrogen and oxygen atoms in total. The van der Waals surface area contributed by atoms with E-state index in [0.717, 1.165) is 19.1 Å². The van der Waals surface area contributed by atoms with E-state index in [0.29, 0.717) is 25.9 Å². The zero-order valence-corrected chi connectivity index (χ0v) is 12.1. The predicted molar refractivity (Wildman–Crippen MR) is 72.6 cm³/mol. The van der Waals surface area contributed by atoms with E-state index in [-0.39, 0.29) is 5.97 Å². The number of hydrogen-bond donors (Lipinski definition) is 1. The van der Waals surface area contributed by atoms with Gasteiger partial charge in [0.1, 0.15) is 6.29 Å². The lowest BCUT2D eigenvalue weighted by molar-refractivity contribution is -0.173. The monoisotopic (exact) mass is 268 g/mol. The van der Waals surface area contributed by atoms with Gasteiger partial charge in [0.2, 0.25) is 0 Å². The average molecular weight is 268 g/mol. The summed E-state index contributed by atoms with van der Waals surface area (Å²) in [4.78, 5) is 22.6. The minimum absolute atomic E-state index is 0.318. The van der Waals surface area contributed by atoms with Gasteiger partial charge in [-0.1, -0.05) is 11.6 Å². The molecule has 0 spiro atoms. The number of aliphatic hydroxyl groups is 1. The van der Waals surface area contributed by atoms with Gasteiger partial charge in [-0.15, -0.1) is 0 Å². The second kappa shape index (κ2) is 6.33. The highest BCUT2D eigenvalue weighted by Crippen LogP contribution is 2.45. The van der Waals surface area contributed by atoms with Gasteiger partial charge in [0.15, 0.2) is 0 Å². The van der Waals surface area contributed by atoms with E-state index < -0.39 is 11.0 Å². The van der Waals surface area contributed by atoms with Crippen molar-refractivity contribution < 1.29 is 19.4 Å². The maximum atomic E-state index is 12.2. The van der Waals surface area contributed by atoms with Gasteiger partial charge in [-0.2, -0.15) is 0 Å². The van der Waals surface area contributed by atoms with Crippen molar-refractivity contribution in [3.05, 3.63) is 11.6 Å². The van der Waals surface area contributed by atoms with E-state index in [1.165, 1.54) is 5.57 Å². The van der Waals surface area contributed by atoms with Crippen molar-refractivity contribution in [2.75, 3.05) is 6.61 Å². The molecule has 1 aliphatic rings. The molecule has 1 N–H and O–H groups in total. The van der Waals surface area contributed by atoms with Crippen molar-refractivity contribution in [1.82, 2.24) is 0 Å². The van der Waals surface area contributed by atoms with Crippen molar-refractivity contribution >= 4 is 12.3 Å².